The van der Waals surface area contributed by atoms with Crippen LogP contribution in [0.1, 0.15) is 12.8 Å². The highest BCUT2D eigenvalue weighted by molar-refractivity contribution is 14.1. The van der Waals surface area contributed by atoms with Crippen molar-refractivity contribution in [1.29, 1.82) is 0 Å². The molecule has 0 radical (unpaired) electrons. The third-order valence-corrected chi connectivity index (χ3v) is 4.32. The minimum absolute atomic E-state index is 0.0529. The van der Waals surface area contributed by atoms with Crippen LogP contribution in [0.5, 0.6) is 5.75 Å². The lowest BCUT2D eigenvalue weighted by Gasteiger charge is -2.07. The molecule has 0 N–H and O–H groups in total. The van der Waals surface area contributed by atoms with E-state index in [-0.39, 0.29) is 5.43 Å². The summed E-state index contributed by atoms with van der Waals surface area (Å²) in [5, 5.41) is 0.552. The maximum absolute atomic E-state index is 12.4. The highest BCUT2D eigenvalue weighted by Gasteiger charge is 2.08. The van der Waals surface area contributed by atoms with Crippen LogP contribution in [0.3, 0.4) is 0 Å². The summed E-state index contributed by atoms with van der Waals surface area (Å²) in [6.07, 6.45) is 2.15. The number of hydrogen-bond acceptors (Lipinski definition) is 3. The smallest absolute Gasteiger partial charge is 0.193 e. The Morgan fingerprint density at radius 1 is 1.00 bits per heavy atom. The van der Waals surface area contributed by atoms with Crippen molar-refractivity contribution in [3.05, 3.63) is 64.8 Å². The zero-order chi connectivity index (χ0) is 16.1. The summed E-state index contributed by atoms with van der Waals surface area (Å²) in [7, 11) is 0. The molecule has 3 aromatic rings. The van der Waals surface area contributed by atoms with E-state index in [1.54, 1.807) is 12.1 Å². The van der Waals surface area contributed by atoms with Gasteiger partial charge >= 0.3 is 0 Å². The number of halogens is 1. The van der Waals surface area contributed by atoms with E-state index in [4.69, 9.17) is 9.15 Å². The fraction of sp³-hybridized carbons (Fsp3) is 0.211. The standard InChI is InChI=1S/C19H17IO3/c20-10-4-5-11-22-15-8-9-18-16(12-15)17(21)13-19(23-18)14-6-2-1-3-7-14/h1-3,6-9,12-13H,4-5,10-11H2. The molecular weight excluding hydrogens is 403 g/mol. The van der Waals surface area contributed by atoms with E-state index < -0.39 is 0 Å². The van der Waals surface area contributed by atoms with Gasteiger partial charge in [-0.1, -0.05) is 52.9 Å². The molecule has 0 aliphatic carbocycles. The molecule has 3 nitrogen and oxygen atoms in total. The topological polar surface area (TPSA) is 39.4 Å². The summed E-state index contributed by atoms with van der Waals surface area (Å²) < 4.78 is 12.7. The predicted octanol–water partition coefficient (Wildman–Crippen LogP) is 5.05. The van der Waals surface area contributed by atoms with E-state index in [1.165, 1.54) is 6.07 Å². The number of unbranched alkanes of at least 4 members (excludes halogenated alkanes) is 1. The molecule has 0 fully saturated rings. The minimum atomic E-state index is -0.0529. The van der Waals surface area contributed by atoms with Gasteiger partial charge in [-0.15, -0.1) is 0 Å². The number of rotatable bonds is 6. The van der Waals surface area contributed by atoms with Gasteiger partial charge < -0.3 is 9.15 Å². The number of ether oxygens (including phenoxy) is 1. The van der Waals surface area contributed by atoms with Gasteiger partial charge in [-0.25, -0.2) is 0 Å². The molecule has 0 unspecified atom stereocenters. The van der Waals surface area contributed by atoms with Crippen LogP contribution in [0.2, 0.25) is 0 Å². The Hall–Kier alpha value is -1.82. The number of fused-ring (bicyclic) bond motifs is 1. The molecule has 3 rings (SSSR count). The summed E-state index contributed by atoms with van der Waals surface area (Å²) in [6, 6.07) is 16.6. The molecule has 2 aromatic carbocycles. The van der Waals surface area contributed by atoms with Gasteiger partial charge in [0.15, 0.2) is 5.43 Å². The minimum Gasteiger partial charge on any atom is -0.494 e. The molecule has 0 amide bonds. The van der Waals surface area contributed by atoms with Crippen molar-refractivity contribution in [3.8, 4) is 17.1 Å². The number of benzene rings is 2. The predicted molar refractivity (Wildman–Crippen MR) is 102 cm³/mol. The van der Waals surface area contributed by atoms with Crippen molar-refractivity contribution >= 4 is 33.6 Å². The summed E-state index contributed by atoms with van der Waals surface area (Å²) in [5.41, 5.74) is 1.42. The van der Waals surface area contributed by atoms with Gasteiger partial charge in [0.05, 0.1) is 12.0 Å². The van der Waals surface area contributed by atoms with E-state index in [1.807, 2.05) is 36.4 Å². The highest BCUT2D eigenvalue weighted by atomic mass is 127. The summed E-state index contributed by atoms with van der Waals surface area (Å²) >= 11 is 2.36. The van der Waals surface area contributed by atoms with Gasteiger partial charge in [0.2, 0.25) is 0 Å². The molecule has 0 spiro atoms. The van der Waals surface area contributed by atoms with E-state index in [0.29, 0.717) is 29.1 Å². The molecule has 0 bridgehead atoms. The Labute approximate surface area is 148 Å². The third-order valence-electron chi connectivity index (χ3n) is 3.55. The maximum Gasteiger partial charge on any atom is 0.193 e. The SMILES string of the molecule is O=c1cc(-c2ccccc2)oc2ccc(OCCCCI)cc12. The van der Waals surface area contributed by atoms with Gasteiger partial charge in [0.1, 0.15) is 17.1 Å². The van der Waals surface area contributed by atoms with Crippen LogP contribution >= 0.6 is 22.6 Å². The number of alkyl halides is 1. The van der Waals surface area contributed by atoms with Crippen molar-refractivity contribution in [2.75, 3.05) is 11.0 Å². The fourth-order valence-electron chi connectivity index (χ4n) is 2.36. The quantitative estimate of drug-likeness (QED) is 0.318. The van der Waals surface area contributed by atoms with Gasteiger partial charge in [0.25, 0.3) is 0 Å². The van der Waals surface area contributed by atoms with Gasteiger partial charge in [0, 0.05) is 11.6 Å². The molecule has 0 saturated heterocycles. The molecule has 118 valence electrons. The van der Waals surface area contributed by atoms with E-state index >= 15 is 0 Å². The fourth-order valence-corrected chi connectivity index (χ4v) is 2.90. The second kappa shape index (κ2) is 7.64. The summed E-state index contributed by atoms with van der Waals surface area (Å²) in [4.78, 5) is 12.4. The first kappa shape index (κ1) is 16.1. The first-order valence-electron chi connectivity index (χ1n) is 7.60. The van der Waals surface area contributed by atoms with Crippen LogP contribution in [0.15, 0.2) is 63.8 Å². The van der Waals surface area contributed by atoms with Crippen molar-refractivity contribution < 1.29 is 9.15 Å². The van der Waals surface area contributed by atoms with E-state index in [9.17, 15) is 4.79 Å². The second-order valence-corrected chi connectivity index (χ2v) is 6.32. The molecule has 0 atom stereocenters. The average molecular weight is 420 g/mol. The van der Waals surface area contributed by atoms with Gasteiger partial charge in [-0.2, -0.15) is 0 Å². The van der Waals surface area contributed by atoms with E-state index in [2.05, 4.69) is 22.6 Å². The van der Waals surface area contributed by atoms with Crippen LogP contribution in [-0.4, -0.2) is 11.0 Å². The Morgan fingerprint density at radius 2 is 1.83 bits per heavy atom. The maximum atomic E-state index is 12.4. The molecule has 0 saturated carbocycles. The average Bonchev–Trinajstić information content (AvgIpc) is 2.60. The lowest BCUT2D eigenvalue weighted by molar-refractivity contribution is 0.310. The summed E-state index contributed by atoms with van der Waals surface area (Å²) in [5.74, 6) is 1.30. The number of hydrogen-bond donors (Lipinski definition) is 0. The summed E-state index contributed by atoms with van der Waals surface area (Å²) in [6.45, 7) is 0.669. The van der Waals surface area contributed by atoms with Crippen molar-refractivity contribution in [2.45, 2.75) is 12.8 Å². The van der Waals surface area contributed by atoms with Crippen molar-refractivity contribution in [3.63, 3.8) is 0 Å². The Bertz CT molecular complexity index is 840. The molecule has 0 aliphatic heterocycles. The van der Waals surface area contributed by atoms with Crippen molar-refractivity contribution in [1.82, 2.24) is 0 Å². The molecule has 0 aliphatic rings. The van der Waals surface area contributed by atoms with Gasteiger partial charge in [-0.3, -0.25) is 4.79 Å². The Kier molecular flexibility index (Phi) is 5.33. The lowest BCUT2D eigenvalue weighted by atomic mass is 10.1. The molecular formula is C19H17IO3. The molecule has 1 heterocycles. The molecule has 23 heavy (non-hydrogen) atoms. The zero-order valence-electron chi connectivity index (χ0n) is 12.6. The monoisotopic (exact) mass is 420 g/mol. The van der Waals surface area contributed by atoms with Crippen LogP contribution in [0, 0.1) is 0 Å². The normalized spacial score (nSPS) is 10.8. The van der Waals surface area contributed by atoms with Crippen LogP contribution in [0.25, 0.3) is 22.3 Å². The van der Waals surface area contributed by atoms with Crippen LogP contribution in [-0.2, 0) is 0 Å². The van der Waals surface area contributed by atoms with Crippen LogP contribution < -0.4 is 10.2 Å². The first-order chi connectivity index (χ1) is 11.3. The lowest BCUT2D eigenvalue weighted by Crippen LogP contribution is -2.02. The molecule has 4 heteroatoms. The Morgan fingerprint density at radius 3 is 2.61 bits per heavy atom. The third kappa shape index (κ3) is 3.93. The zero-order valence-corrected chi connectivity index (χ0v) is 14.8. The van der Waals surface area contributed by atoms with Gasteiger partial charge in [-0.05, 0) is 35.5 Å². The highest BCUT2D eigenvalue weighted by Crippen LogP contribution is 2.24. The second-order valence-electron chi connectivity index (χ2n) is 5.24. The Balaban J connectivity index is 1.89. The first-order valence-corrected chi connectivity index (χ1v) is 9.12. The van der Waals surface area contributed by atoms with E-state index in [0.717, 1.165) is 22.8 Å². The largest absolute Gasteiger partial charge is 0.494 e. The molecule has 1 aromatic heterocycles. The van der Waals surface area contributed by atoms with Crippen molar-refractivity contribution in [2.24, 2.45) is 0 Å². The van der Waals surface area contributed by atoms with Crippen LogP contribution in [0.4, 0.5) is 0 Å².